The molecule has 3 aromatic carbocycles. The van der Waals surface area contributed by atoms with Crippen molar-refractivity contribution in [1.82, 2.24) is 9.47 Å². The third-order valence-electron chi connectivity index (χ3n) is 7.56. The van der Waals surface area contributed by atoms with E-state index in [1.165, 1.54) is 5.56 Å². The molecule has 3 amide bonds. The van der Waals surface area contributed by atoms with Crippen LogP contribution in [0.3, 0.4) is 0 Å². The van der Waals surface area contributed by atoms with Crippen LogP contribution in [0.1, 0.15) is 55.5 Å². The molecule has 0 spiro atoms. The lowest BCUT2D eigenvalue weighted by molar-refractivity contribution is -0.119. The number of urea groups is 1. The predicted octanol–water partition coefficient (Wildman–Crippen LogP) is 7.39. The van der Waals surface area contributed by atoms with Crippen LogP contribution in [0.2, 0.25) is 5.02 Å². The number of halogens is 1. The fourth-order valence-corrected chi connectivity index (χ4v) is 5.47. The fourth-order valence-electron chi connectivity index (χ4n) is 5.34. The highest BCUT2D eigenvalue weighted by Crippen LogP contribution is 2.42. The van der Waals surface area contributed by atoms with Crippen molar-refractivity contribution in [3.63, 3.8) is 0 Å². The number of para-hydroxylation sites is 2. The maximum atomic E-state index is 14.2. The average molecular weight is 539 g/mol. The zero-order chi connectivity index (χ0) is 27.1. The van der Waals surface area contributed by atoms with Gasteiger partial charge in [0.1, 0.15) is 12.6 Å². The predicted molar refractivity (Wildman–Crippen MR) is 156 cm³/mol. The van der Waals surface area contributed by atoms with E-state index in [9.17, 15) is 9.59 Å². The van der Waals surface area contributed by atoms with Crippen LogP contribution in [0.15, 0.2) is 91.1 Å². The number of carbonyl (C=O) groups excluding carboxylic acids is 2. The normalized spacial score (nSPS) is 16.0. The molecule has 1 aromatic heterocycles. The number of rotatable bonds is 6. The van der Waals surface area contributed by atoms with E-state index in [1.54, 1.807) is 4.90 Å². The molecule has 1 unspecified atom stereocenters. The van der Waals surface area contributed by atoms with E-state index < -0.39 is 0 Å². The summed E-state index contributed by atoms with van der Waals surface area (Å²) in [5.41, 5.74) is 5.62. The van der Waals surface area contributed by atoms with Gasteiger partial charge in [-0.15, -0.1) is 0 Å². The van der Waals surface area contributed by atoms with E-state index in [2.05, 4.69) is 23.7 Å². The smallest absolute Gasteiger partial charge is 0.316 e. The molecular formula is C32H31ClN4O2. The molecular weight excluding hydrogens is 508 g/mol. The second-order valence-electron chi connectivity index (χ2n) is 10.6. The Balaban J connectivity index is 1.32. The third kappa shape index (κ3) is 4.92. The van der Waals surface area contributed by atoms with Crippen LogP contribution in [-0.4, -0.2) is 34.0 Å². The molecule has 39 heavy (non-hydrogen) atoms. The minimum Gasteiger partial charge on any atom is -0.316 e. The number of benzene rings is 3. The van der Waals surface area contributed by atoms with E-state index in [4.69, 9.17) is 11.6 Å². The molecule has 0 radical (unpaired) electrons. The maximum absolute atomic E-state index is 14.2. The summed E-state index contributed by atoms with van der Waals surface area (Å²) in [5, 5.41) is 3.66. The summed E-state index contributed by atoms with van der Waals surface area (Å²) >= 11 is 6.21. The van der Waals surface area contributed by atoms with Crippen molar-refractivity contribution >= 4 is 34.9 Å². The summed E-state index contributed by atoms with van der Waals surface area (Å²) in [6.07, 6.45) is 3.81. The molecule has 4 aromatic rings. The second kappa shape index (κ2) is 10.3. The molecule has 198 valence electrons. The summed E-state index contributed by atoms with van der Waals surface area (Å²) < 4.78 is 2.13. The van der Waals surface area contributed by atoms with Crippen molar-refractivity contribution in [3.8, 4) is 5.69 Å². The number of nitrogens with one attached hydrogen (secondary N) is 1. The van der Waals surface area contributed by atoms with Crippen LogP contribution in [0.4, 0.5) is 16.2 Å². The maximum Gasteiger partial charge on any atom is 0.322 e. The lowest BCUT2D eigenvalue weighted by atomic mass is 9.97. The van der Waals surface area contributed by atoms with E-state index in [0.29, 0.717) is 10.9 Å². The largest absolute Gasteiger partial charge is 0.322 e. The van der Waals surface area contributed by atoms with Crippen molar-refractivity contribution in [2.45, 2.75) is 44.7 Å². The molecule has 1 fully saturated rings. The van der Waals surface area contributed by atoms with Gasteiger partial charge in [0.15, 0.2) is 0 Å². The Bertz CT molecular complexity index is 1510. The van der Waals surface area contributed by atoms with E-state index in [0.717, 1.165) is 41.2 Å². The van der Waals surface area contributed by atoms with Gasteiger partial charge in [0.25, 0.3) is 0 Å². The molecule has 0 saturated heterocycles. The number of amides is 3. The highest BCUT2D eigenvalue weighted by Gasteiger charge is 2.40. The topological polar surface area (TPSA) is 57.6 Å². The summed E-state index contributed by atoms with van der Waals surface area (Å²) in [6.45, 7) is 4.27. The number of fused-ring (bicyclic) bond motifs is 3. The zero-order valence-corrected chi connectivity index (χ0v) is 22.8. The van der Waals surface area contributed by atoms with Crippen molar-refractivity contribution in [1.29, 1.82) is 0 Å². The van der Waals surface area contributed by atoms with Gasteiger partial charge in [0, 0.05) is 22.9 Å². The lowest BCUT2D eigenvalue weighted by Gasteiger charge is -2.39. The lowest BCUT2D eigenvalue weighted by Crippen LogP contribution is -2.48. The van der Waals surface area contributed by atoms with Crippen LogP contribution >= 0.6 is 11.6 Å². The monoisotopic (exact) mass is 538 g/mol. The Labute approximate surface area is 233 Å². The molecule has 1 N–H and O–H groups in total. The summed E-state index contributed by atoms with van der Waals surface area (Å²) in [5.74, 6) is 0.282. The first kappa shape index (κ1) is 25.3. The van der Waals surface area contributed by atoms with Gasteiger partial charge in [-0.3, -0.25) is 9.69 Å². The number of aromatic nitrogens is 1. The Morgan fingerprint density at radius 3 is 2.28 bits per heavy atom. The van der Waals surface area contributed by atoms with E-state index in [-0.39, 0.29) is 30.6 Å². The second-order valence-corrected chi connectivity index (χ2v) is 11.0. The Hall–Kier alpha value is -4.03. The Morgan fingerprint density at radius 1 is 0.923 bits per heavy atom. The summed E-state index contributed by atoms with van der Waals surface area (Å²) in [6, 6.07) is 26.9. The third-order valence-corrected chi connectivity index (χ3v) is 7.81. The molecule has 2 aliphatic rings. The fraction of sp³-hybridized carbons (Fsp3) is 0.250. The minimum absolute atomic E-state index is 0.0142. The highest BCUT2D eigenvalue weighted by atomic mass is 35.5. The first-order chi connectivity index (χ1) is 18.9. The van der Waals surface area contributed by atoms with Crippen LogP contribution < -0.4 is 10.2 Å². The van der Waals surface area contributed by atoms with Crippen LogP contribution in [0.25, 0.3) is 5.69 Å². The molecule has 2 heterocycles. The first-order valence-electron chi connectivity index (χ1n) is 13.4. The molecule has 1 aliphatic heterocycles. The van der Waals surface area contributed by atoms with Crippen LogP contribution in [0.5, 0.6) is 0 Å². The SMILES string of the molecule is CC(C)c1ccc(NC(=O)N(CC(=O)N2c3ccccc3-n3cccc3C2c2ccc(Cl)cc2)C2CC2)cc1. The molecule has 1 saturated carbocycles. The van der Waals surface area contributed by atoms with Crippen molar-refractivity contribution in [2.24, 2.45) is 0 Å². The molecule has 7 heteroatoms. The van der Waals surface area contributed by atoms with Crippen molar-refractivity contribution in [2.75, 3.05) is 16.8 Å². The Kier molecular flexibility index (Phi) is 6.65. The van der Waals surface area contributed by atoms with Gasteiger partial charge < -0.3 is 14.8 Å². The van der Waals surface area contributed by atoms with Crippen molar-refractivity contribution < 1.29 is 9.59 Å². The number of anilines is 2. The van der Waals surface area contributed by atoms with Gasteiger partial charge in [-0.05, 0) is 78.4 Å². The molecule has 1 atom stereocenters. The average Bonchev–Trinajstić information content (AvgIpc) is 3.66. The first-order valence-corrected chi connectivity index (χ1v) is 13.8. The molecule has 6 nitrogen and oxygen atoms in total. The van der Waals surface area contributed by atoms with Gasteiger partial charge >= 0.3 is 6.03 Å². The summed E-state index contributed by atoms with van der Waals surface area (Å²) in [4.78, 5) is 31.2. The van der Waals surface area contributed by atoms with E-state index >= 15 is 0 Å². The van der Waals surface area contributed by atoms with Gasteiger partial charge in [-0.1, -0.05) is 61.8 Å². The number of hydrogen-bond acceptors (Lipinski definition) is 2. The highest BCUT2D eigenvalue weighted by molar-refractivity contribution is 6.30. The Morgan fingerprint density at radius 2 is 1.62 bits per heavy atom. The van der Waals surface area contributed by atoms with Crippen molar-refractivity contribution in [3.05, 3.63) is 113 Å². The molecule has 1 aliphatic carbocycles. The van der Waals surface area contributed by atoms with Crippen LogP contribution in [0, 0.1) is 0 Å². The summed E-state index contributed by atoms with van der Waals surface area (Å²) in [7, 11) is 0. The zero-order valence-electron chi connectivity index (χ0n) is 22.0. The van der Waals surface area contributed by atoms with Gasteiger partial charge in [-0.25, -0.2) is 4.79 Å². The van der Waals surface area contributed by atoms with E-state index in [1.807, 2.05) is 96.0 Å². The number of carbonyl (C=O) groups is 2. The van der Waals surface area contributed by atoms with Gasteiger partial charge in [0.05, 0.1) is 17.1 Å². The molecule has 0 bridgehead atoms. The number of hydrogen-bond donors (Lipinski definition) is 1. The minimum atomic E-state index is -0.354. The standard InChI is InChI=1S/C32H31ClN4O2/c1-21(2)22-11-15-25(16-12-22)34-32(39)36(26-17-18-26)20-30(38)37-28-7-4-3-6-27(28)35-19-5-8-29(35)31(37)23-9-13-24(33)14-10-23/h3-16,19,21,26,31H,17-18,20H2,1-2H3,(H,34,39). The number of nitrogens with zero attached hydrogens (tertiary/aromatic N) is 3. The van der Waals surface area contributed by atoms with Crippen LogP contribution in [-0.2, 0) is 4.79 Å². The van der Waals surface area contributed by atoms with Gasteiger partial charge in [0.2, 0.25) is 5.91 Å². The molecule has 6 rings (SSSR count). The quantitative estimate of drug-likeness (QED) is 0.278. The van der Waals surface area contributed by atoms with Gasteiger partial charge in [-0.2, -0.15) is 0 Å².